The van der Waals surface area contributed by atoms with Crippen LogP contribution in [0.5, 0.6) is 0 Å². The van der Waals surface area contributed by atoms with Crippen molar-refractivity contribution in [3.8, 4) is 0 Å². The fourth-order valence-corrected chi connectivity index (χ4v) is 7.28. The lowest BCUT2D eigenvalue weighted by Crippen LogP contribution is -2.60. The molecule has 1 N–H and O–H groups in total. The highest BCUT2D eigenvalue weighted by atomic mass is 19.1. The standard InChI is InChI=1S/C24H30FNO3/c25-20-6-2-1-5-19(20)24(7-3-4-8-24)22(28)29-15-21(27)26-23-12-16-9-17(13-23)11-18(10-16)14-23/h1-2,5-6,16-18H,3-4,7-15H2,(H,26,27). The molecule has 1 amide bonds. The summed E-state index contributed by atoms with van der Waals surface area (Å²) >= 11 is 0. The average molecular weight is 400 g/mol. The zero-order valence-electron chi connectivity index (χ0n) is 16.9. The van der Waals surface area contributed by atoms with Crippen molar-refractivity contribution < 1.29 is 18.7 Å². The summed E-state index contributed by atoms with van der Waals surface area (Å²) in [5.41, 5.74) is -0.634. The molecule has 5 saturated carbocycles. The van der Waals surface area contributed by atoms with E-state index in [9.17, 15) is 14.0 Å². The fourth-order valence-electron chi connectivity index (χ4n) is 7.28. The summed E-state index contributed by atoms with van der Waals surface area (Å²) in [5, 5.41) is 3.24. The first kappa shape index (κ1) is 19.1. The van der Waals surface area contributed by atoms with Crippen molar-refractivity contribution in [2.75, 3.05) is 6.61 Å². The third-order valence-corrected chi connectivity index (χ3v) is 8.01. The molecular weight excluding hydrogens is 369 g/mol. The molecule has 1 aromatic rings. The van der Waals surface area contributed by atoms with Gasteiger partial charge in [-0.05, 0) is 75.2 Å². The molecular formula is C24H30FNO3. The SMILES string of the molecule is O=C(COC(=O)C1(c2ccccc2F)CCCC1)NC12CC3CC(CC(C3)C1)C2. The number of carbonyl (C=O) groups excluding carboxylic acids is 2. The molecule has 5 aliphatic carbocycles. The molecule has 0 aliphatic heterocycles. The number of amides is 1. The molecule has 5 heteroatoms. The minimum absolute atomic E-state index is 0.0885. The molecule has 0 radical (unpaired) electrons. The highest BCUT2D eigenvalue weighted by Crippen LogP contribution is 2.55. The van der Waals surface area contributed by atoms with E-state index >= 15 is 0 Å². The lowest BCUT2D eigenvalue weighted by Gasteiger charge is -2.56. The van der Waals surface area contributed by atoms with E-state index in [4.69, 9.17) is 4.74 Å². The van der Waals surface area contributed by atoms with Gasteiger partial charge in [0.25, 0.3) is 5.91 Å². The summed E-state index contributed by atoms with van der Waals surface area (Å²) in [5.74, 6) is 1.19. The molecule has 5 aliphatic rings. The van der Waals surface area contributed by atoms with Gasteiger partial charge in [0.1, 0.15) is 5.82 Å². The molecule has 0 spiro atoms. The van der Waals surface area contributed by atoms with E-state index in [0.29, 0.717) is 18.4 Å². The van der Waals surface area contributed by atoms with Gasteiger partial charge in [-0.25, -0.2) is 4.39 Å². The van der Waals surface area contributed by atoms with Gasteiger partial charge >= 0.3 is 5.97 Å². The molecule has 4 bridgehead atoms. The molecule has 4 nitrogen and oxygen atoms in total. The zero-order chi connectivity index (χ0) is 20.1. The second kappa shape index (κ2) is 7.10. The molecule has 0 saturated heterocycles. The van der Waals surface area contributed by atoms with E-state index in [1.807, 2.05) is 0 Å². The molecule has 0 heterocycles. The van der Waals surface area contributed by atoms with Crippen LogP contribution in [0.4, 0.5) is 4.39 Å². The van der Waals surface area contributed by atoms with Crippen LogP contribution in [-0.4, -0.2) is 24.0 Å². The Labute approximate surface area is 171 Å². The molecule has 6 rings (SSSR count). The number of benzene rings is 1. The normalized spacial score (nSPS) is 34.2. The van der Waals surface area contributed by atoms with Crippen LogP contribution >= 0.6 is 0 Å². The predicted octanol–water partition coefficient (Wildman–Crippen LogP) is 4.27. The van der Waals surface area contributed by atoms with Gasteiger partial charge in [0.2, 0.25) is 0 Å². The Morgan fingerprint density at radius 1 is 1.00 bits per heavy atom. The molecule has 156 valence electrons. The number of nitrogens with one attached hydrogen (secondary N) is 1. The Balaban J connectivity index is 1.24. The van der Waals surface area contributed by atoms with Crippen LogP contribution in [0.1, 0.15) is 69.8 Å². The summed E-state index contributed by atoms with van der Waals surface area (Å²) in [6.45, 7) is -0.267. The Kier molecular flexibility index (Phi) is 4.67. The molecule has 5 fully saturated rings. The lowest BCUT2D eigenvalue weighted by molar-refractivity contribution is -0.155. The Morgan fingerprint density at radius 2 is 1.59 bits per heavy atom. The fraction of sp³-hybridized carbons (Fsp3) is 0.667. The van der Waals surface area contributed by atoms with Crippen LogP contribution in [-0.2, 0) is 19.7 Å². The number of esters is 1. The number of ether oxygens (including phenoxy) is 1. The summed E-state index contributed by atoms with van der Waals surface area (Å²) < 4.78 is 19.9. The topological polar surface area (TPSA) is 55.4 Å². The number of carbonyl (C=O) groups is 2. The van der Waals surface area contributed by atoms with Gasteiger partial charge < -0.3 is 10.1 Å². The first-order chi connectivity index (χ1) is 14.0. The van der Waals surface area contributed by atoms with E-state index in [0.717, 1.165) is 49.9 Å². The predicted molar refractivity (Wildman–Crippen MR) is 107 cm³/mol. The van der Waals surface area contributed by atoms with Crippen LogP contribution in [0.25, 0.3) is 0 Å². The zero-order valence-corrected chi connectivity index (χ0v) is 16.9. The molecule has 0 atom stereocenters. The second-order valence-electron chi connectivity index (χ2n) is 10.1. The average Bonchev–Trinajstić information content (AvgIpc) is 3.16. The van der Waals surface area contributed by atoms with Crippen molar-refractivity contribution in [3.63, 3.8) is 0 Å². The van der Waals surface area contributed by atoms with E-state index in [2.05, 4.69) is 5.32 Å². The maximum atomic E-state index is 14.4. The van der Waals surface area contributed by atoms with E-state index in [-0.39, 0.29) is 23.9 Å². The second-order valence-corrected chi connectivity index (χ2v) is 10.1. The van der Waals surface area contributed by atoms with Crippen molar-refractivity contribution >= 4 is 11.9 Å². The largest absolute Gasteiger partial charge is 0.455 e. The van der Waals surface area contributed by atoms with Gasteiger partial charge in [-0.15, -0.1) is 0 Å². The van der Waals surface area contributed by atoms with Crippen LogP contribution < -0.4 is 5.32 Å². The van der Waals surface area contributed by atoms with E-state index < -0.39 is 11.4 Å². The maximum Gasteiger partial charge on any atom is 0.317 e. The smallest absolute Gasteiger partial charge is 0.317 e. The van der Waals surface area contributed by atoms with Gasteiger partial charge in [0.05, 0.1) is 5.41 Å². The minimum Gasteiger partial charge on any atom is -0.455 e. The van der Waals surface area contributed by atoms with Crippen molar-refractivity contribution in [2.24, 2.45) is 17.8 Å². The van der Waals surface area contributed by atoms with E-state index in [1.54, 1.807) is 18.2 Å². The number of rotatable bonds is 5. The van der Waals surface area contributed by atoms with Crippen LogP contribution in [0, 0.1) is 23.6 Å². The van der Waals surface area contributed by atoms with Gasteiger partial charge in [0.15, 0.2) is 6.61 Å². The summed E-state index contributed by atoms with van der Waals surface area (Å²) in [6.07, 6.45) is 10.0. The van der Waals surface area contributed by atoms with Crippen LogP contribution in [0.15, 0.2) is 24.3 Å². The molecule has 0 aromatic heterocycles. The van der Waals surface area contributed by atoms with Gasteiger partial charge in [-0.3, -0.25) is 9.59 Å². The third kappa shape index (κ3) is 3.36. The molecule has 0 unspecified atom stereocenters. The first-order valence-electron chi connectivity index (χ1n) is 11.2. The first-order valence-corrected chi connectivity index (χ1v) is 11.2. The van der Waals surface area contributed by atoms with Gasteiger partial charge in [0, 0.05) is 11.1 Å². The molecule has 29 heavy (non-hydrogen) atoms. The van der Waals surface area contributed by atoms with Crippen molar-refractivity contribution in [1.29, 1.82) is 0 Å². The van der Waals surface area contributed by atoms with Crippen molar-refractivity contribution in [2.45, 2.75) is 75.2 Å². The molecule has 1 aromatic carbocycles. The highest BCUT2D eigenvalue weighted by molar-refractivity contribution is 5.87. The number of hydrogen-bond acceptors (Lipinski definition) is 3. The maximum absolute atomic E-state index is 14.4. The van der Waals surface area contributed by atoms with E-state index in [1.165, 1.54) is 25.3 Å². The van der Waals surface area contributed by atoms with Crippen LogP contribution in [0.3, 0.4) is 0 Å². The van der Waals surface area contributed by atoms with Gasteiger partial charge in [-0.1, -0.05) is 31.0 Å². The highest BCUT2D eigenvalue weighted by Gasteiger charge is 2.52. The lowest BCUT2D eigenvalue weighted by atomic mass is 9.53. The monoisotopic (exact) mass is 399 g/mol. The summed E-state index contributed by atoms with van der Waals surface area (Å²) in [4.78, 5) is 25.7. The van der Waals surface area contributed by atoms with Crippen molar-refractivity contribution in [1.82, 2.24) is 5.32 Å². The summed E-state index contributed by atoms with van der Waals surface area (Å²) in [6, 6.07) is 6.46. The quantitative estimate of drug-likeness (QED) is 0.753. The number of hydrogen-bond donors (Lipinski definition) is 1. The Morgan fingerprint density at radius 3 is 2.17 bits per heavy atom. The third-order valence-electron chi connectivity index (χ3n) is 8.01. The minimum atomic E-state index is -0.952. The Hall–Kier alpha value is -1.91. The van der Waals surface area contributed by atoms with Crippen molar-refractivity contribution in [3.05, 3.63) is 35.6 Å². The number of halogens is 1. The van der Waals surface area contributed by atoms with Crippen LogP contribution in [0.2, 0.25) is 0 Å². The summed E-state index contributed by atoms with van der Waals surface area (Å²) in [7, 11) is 0. The van der Waals surface area contributed by atoms with Gasteiger partial charge in [-0.2, -0.15) is 0 Å². The Bertz CT molecular complexity index is 779.